The summed E-state index contributed by atoms with van der Waals surface area (Å²) in [5, 5.41) is 1.09. The number of nitrogens with zero attached hydrogens (tertiary/aromatic N) is 1. The first kappa shape index (κ1) is 13.8. The van der Waals surface area contributed by atoms with Gasteiger partial charge < -0.3 is 4.48 Å². The van der Waals surface area contributed by atoms with Crippen LogP contribution in [0.2, 0.25) is 0 Å². The van der Waals surface area contributed by atoms with Crippen LogP contribution in [0, 0.1) is 0 Å². The van der Waals surface area contributed by atoms with E-state index in [2.05, 4.69) is 0 Å². The molecule has 0 spiro atoms. The molecule has 0 amide bonds. The Labute approximate surface area is 124 Å². The van der Waals surface area contributed by atoms with E-state index in [1.54, 1.807) is 0 Å². The van der Waals surface area contributed by atoms with Gasteiger partial charge in [0.05, 0.1) is 0 Å². The third-order valence-electron chi connectivity index (χ3n) is 2.58. The molecule has 18 heavy (non-hydrogen) atoms. The van der Waals surface area contributed by atoms with Crippen LogP contribution >= 0.6 is 34.0 Å². The highest BCUT2D eigenvalue weighted by Gasteiger charge is 2.28. The van der Waals surface area contributed by atoms with Crippen molar-refractivity contribution in [3.8, 4) is 0 Å². The van der Waals surface area contributed by atoms with E-state index in [1.165, 1.54) is 0 Å². The predicted molar refractivity (Wildman–Crippen MR) is 85.5 cm³/mol. The largest absolute Gasteiger partial charge is 0.460 e. The molecule has 0 saturated carbocycles. The average Bonchev–Trinajstić information content (AvgIpc) is 2.40. The van der Waals surface area contributed by atoms with Crippen molar-refractivity contribution in [1.82, 2.24) is 0 Å². The number of halogens is 3. The van der Waals surface area contributed by atoms with Crippen molar-refractivity contribution in [1.29, 1.82) is 0 Å². The number of anilines is 1. The minimum atomic E-state index is -1.92. The van der Waals surface area contributed by atoms with Gasteiger partial charge in [0.1, 0.15) is 0 Å². The topological polar surface area (TPSA) is 3.24 Å². The van der Waals surface area contributed by atoms with E-state index in [4.69, 9.17) is 34.0 Å². The fourth-order valence-electron chi connectivity index (χ4n) is 1.72. The molecule has 0 aliphatic carbocycles. The Morgan fingerprint density at radius 3 is 1.83 bits per heavy atom. The summed E-state index contributed by atoms with van der Waals surface area (Å²) in [5.74, 6) is 0. The summed E-state index contributed by atoms with van der Waals surface area (Å²) in [4.78, 5) is 0. The van der Waals surface area contributed by atoms with Crippen LogP contribution in [0.15, 0.2) is 60.7 Å². The van der Waals surface area contributed by atoms with Gasteiger partial charge in [-0.15, -0.1) is 34.0 Å². The normalized spacial score (nSPS) is 11.9. The minimum Gasteiger partial charge on any atom is -0.403 e. The summed E-state index contributed by atoms with van der Waals surface area (Å²) >= 11 is 18.7. The van der Waals surface area contributed by atoms with Crippen molar-refractivity contribution in [2.75, 3.05) is 4.48 Å². The third-order valence-corrected chi connectivity index (χ3v) is 6.79. The van der Waals surface area contributed by atoms with Crippen molar-refractivity contribution in [2.24, 2.45) is 0 Å². The molecule has 2 rings (SSSR count). The number of benzene rings is 2. The summed E-state index contributed by atoms with van der Waals surface area (Å²) in [5.41, 5.74) is 0.296. The second-order valence-electron chi connectivity index (χ2n) is 3.77. The van der Waals surface area contributed by atoms with Crippen molar-refractivity contribution in [3.05, 3.63) is 60.7 Å². The van der Waals surface area contributed by atoms with Crippen LogP contribution in [0.1, 0.15) is 0 Å². The zero-order valence-corrected chi connectivity index (χ0v) is 12.9. The Morgan fingerprint density at radius 2 is 1.33 bits per heavy atom. The molecule has 0 N–H and O–H groups in total. The van der Waals surface area contributed by atoms with Crippen LogP contribution in [-0.2, 0) is 0 Å². The summed E-state index contributed by atoms with van der Waals surface area (Å²) in [7, 11) is -1.92. The summed E-state index contributed by atoms with van der Waals surface area (Å²) in [6.45, 7) is 0. The van der Waals surface area contributed by atoms with Crippen LogP contribution in [0.4, 0.5) is 5.69 Å². The lowest BCUT2D eigenvalue weighted by molar-refractivity contribution is 1.54. The Balaban J connectivity index is 2.32. The van der Waals surface area contributed by atoms with E-state index in [9.17, 15) is 0 Å². The molecule has 1 unspecified atom stereocenters. The van der Waals surface area contributed by atoms with Crippen molar-refractivity contribution >= 4 is 58.8 Å². The molecule has 0 bridgehead atoms. The smallest absolute Gasteiger partial charge is 0.403 e. The van der Waals surface area contributed by atoms with E-state index < -0.39 is 13.9 Å². The van der Waals surface area contributed by atoms with Crippen molar-refractivity contribution in [2.45, 2.75) is 0 Å². The first-order chi connectivity index (χ1) is 8.70. The van der Waals surface area contributed by atoms with E-state index >= 15 is 0 Å². The average molecular weight is 314 g/mol. The second-order valence-corrected chi connectivity index (χ2v) is 7.95. The molecule has 0 fully saturated rings. The van der Waals surface area contributed by atoms with Crippen LogP contribution in [0.3, 0.4) is 0 Å². The molecule has 0 heterocycles. The first-order valence-corrected chi connectivity index (χ1v) is 9.22. The maximum Gasteiger partial charge on any atom is 0.460 e. The van der Waals surface area contributed by atoms with E-state index in [0.29, 0.717) is 0 Å². The van der Waals surface area contributed by atoms with Gasteiger partial charge in [-0.2, -0.15) is 0 Å². The monoisotopic (exact) mass is 313 g/mol. The number of rotatable bonds is 4. The fraction of sp³-hybridized carbons (Fsp3) is 0. The SMILES string of the molecule is ClB(Cl)N(c1ccccc1)[SiH](Cl)c1ccccc1. The molecule has 2 aromatic rings. The lowest BCUT2D eigenvalue weighted by Gasteiger charge is -2.29. The highest BCUT2D eigenvalue weighted by molar-refractivity contribution is 7.41. The molecule has 1 nitrogen and oxygen atoms in total. The van der Waals surface area contributed by atoms with Gasteiger partial charge in [0.2, 0.25) is 0 Å². The van der Waals surface area contributed by atoms with Crippen LogP contribution in [0.25, 0.3) is 0 Å². The van der Waals surface area contributed by atoms with Crippen molar-refractivity contribution in [3.63, 3.8) is 0 Å². The zero-order valence-electron chi connectivity index (χ0n) is 9.51. The zero-order chi connectivity index (χ0) is 13.0. The Kier molecular flexibility index (Phi) is 5.01. The Morgan fingerprint density at radius 1 is 0.833 bits per heavy atom. The lowest BCUT2D eigenvalue weighted by atomic mass is 10.2. The van der Waals surface area contributed by atoms with Gasteiger partial charge in [0, 0.05) is 5.69 Å². The van der Waals surface area contributed by atoms with Gasteiger partial charge in [-0.3, -0.25) is 0 Å². The van der Waals surface area contributed by atoms with E-state index in [0.717, 1.165) is 10.9 Å². The molecule has 6 heteroatoms. The predicted octanol–water partition coefficient (Wildman–Crippen LogP) is 3.32. The molecule has 1 atom stereocenters. The summed E-state index contributed by atoms with van der Waals surface area (Å²) in [6.07, 6.45) is 0. The number of hydrogen-bond acceptors (Lipinski definition) is 1. The number of para-hydroxylation sites is 1. The lowest BCUT2D eigenvalue weighted by Crippen LogP contribution is -2.49. The van der Waals surface area contributed by atoms with Crippen LogP contribution < -0.4 is 9.66 Å². The van der Waals surface area contributed by atoms with E-state index in [1.807, 2.05) is 65.1 Å². The molecule has 0 aliphatic heterocycles. The molecular weight excluding hydrogens is 303 g/mol. The van der Waals surface area contributed by atoms with Gasteiger partial charge in [-0.1, -0.05) is 48.5 Å². The molecule has 92 valence electrons. The molecular formula is C12H11BCl3NSi. The Hall–Kier alpha value is -0.608. The van der Waals surface area contributed by atoms with Gasteiger partial charge in [0.15, 0.2) is 0 Å². The molecule has 2 aromatic carbocycles. The standard InChI is InChI=1S/C12H11BCl3NSi/c14-13(15)17(11-7-3-1-4-8-11)18(16)12-9-5-2-6-10-12/h1-10,18H. The number of hydrogen-bond donors (Lipinski definition) is 0. The fourth-order valence-corrected chi connectivity index (χ4v) is 5.57. The Bertz CT molecular complexity index is 483. The molecule has 0 saturated heterocycles. The van der Waals surface area contributed by atoms with E-state index in [-0.39, 0.29) is 0 Å². The summed E-state index contributed by atoms with van der Waals surface area (Å²) < 4.78 is 1.89. The van der Waals surface area contributed by atoms with Gasteiger partial charge in [0.25, 0.3) is 8.27 Å². The highest BCUT2D eigenvalue weighted by Crippen LogP contribution is 2.21. The molecule has 0 aliphatic rings. The minimum absolute atomic E-state index is 0.651. The van der Waals surface area contributed by atoms with Crippen LogP contribution in [-0.4, -0.2) is 13.9 Å². The van der Waals surface area contributed by atoms with Gasteiger partial charge in [-0.05, 0) is 17.3 Å². The van der Waals surface area contributed by atoms with Crippen LogP contribution in [0.5, 0.6) is 0 Å². The molecule has 0 radical (unpaired) electrons. The summed E-state index contributed by atoms with van der Waals surface area (Å²) in [6, 6.07) is 19.7. The molecule has 0 aromatic heterocycles. The highest BCUT2D eigenvalue weighted by atomic mass is 35.6. The second kappa shape index (κ2) is 6.53. The third kappa shape index (κ3) is 3.24. The maximum absolute atomic E-state index is 6.60. The maximum atomic E-state index is 6.60. The van der Waals surface area contributed by atoms with Gasteiger partial charge in [-0.25, -0.2) is 0 Å². The van der Waals surface area contributed by atoms with Crippen molar-refractivity contribution < 1.29 is 0 Å². The van der Waals surface area contributed by atoms with Gasteiger partial charge >= 0.3 is 5.68 Å². The first-order valence-electron chi connectivity index (χ1n) is 5.50. The quantitative estimate of drug-likeness (QED) is 0.618.